The summed E-state index contributed by atoms with van der Waals surface area (Å²) in [5.41, 5.74) is 4.47. The van der Waals surface area contributed by atoms with Gasteiger partial charge in [-0.3, -0.25) is 0 Å². The van der Waals surface area contributed by atoms with Gasteiger partial charge in [0.15, 0.2) is 0 Å². The minimum absolute atomic E-state index is 0.285. The van der Waals surface area contributed by atoms with E-state index in [0.717, 1.165) is 22.4 Å². The predicted octanol–water partition coefficient (Wildman–Crippen LogP) is 4.00. The van der Waals surface area contributed by atoms with Crippen LogP contribution in [0.5, 0.6) is 0 Å². The van der Waals surface area contributed by atoms with E-state index >= 15 is 0 Å². The van der Waals surface area contributed by atoms with Crippen molar-refractivity contribution < 1.29 is 9.90 Å². The molecule has 0 aliphatic rings. The highest BCUT2D eigenvalue weighted by atomic mass is 16.3. The van der Waals surface area contributed by atoms with Crippen LogP contribution in [0.4, 0.5) is 16.2 Å². The number of hydrogen-bond acceptors (Lipinski definition) is 2. The van der Waals surface area contributed by atoms with Crippen LogP contribution in [-0.4, -0.2) is 11.1 Å². The number of urea groups is 1. The number of aliphatic hydroxyl groups is 1. The Morgan fingerprint density at radius 2 is 1.71 bits per heavy atom. The van der Waals surface area contributed by atoms with Gasteiger partial charge in [0.25, 0.3) is 0 Å². The van der Waals surface area contributed by atoms with E-state index < -0.39 is 6.10 Å². The molecular weight excluding hydrogens is 264 g/mol. The number of rotatable bonds is 3. The van der Waals surface area contributed by atoms with Gasteiger partial charge in [-0.05, 0) is 50.1 Å². The molecule has 0 bridgehead atoms. The van der Waals surface area contributed by atoms with Gasteiger partial charge in [0.1, 0.15) is 0 Å². The maximum atomic E-state index is 12.0. The molecule has 1 unspecified atom stereocenters. The first-order valence-corrected chi connectivity index (χ1v) is 6.89. The van der Waals surface area contributed by atoms with Gasteiger partial charge in [0.05, 0.1) is 6.10 Å². The fourth-order valence-electron chi connectivity index (χ4n) is 2.08. The zero-order valence-corrected chi connectivity index (χ0v) is 12.5. The van der Waals surface area contributed by atoms with E-state index in [1.807, 2.05) is 32.0 Å². The maximum absolute atomic E-state index is 12.0. The lowest BCUT2D eigenvalue weighted by Gasteiger charge is -2.11. The molecule has 0 radical (unpaired) electrons. The third-order valence-corrected chi connectivity index (χ3v) is 3.28. The molecule has 2 amide bonds. The highest BCUT2D eigenvalue weighted by molar-refractivity contribution is 6.00. The van der Waals surface area contributed by atoms with Crippen LogP contribution in [0.3, 0.4) is 0 Å². The number of amides is 2. The van der Waals surface area contributed by atoms with E-state index in [0.29, 0.717) is 5.69 Å². The molecule has 3 N–H and O–H groups in total. The van der Waals surface area contributed by atoms with Crippen molar-refractivity contribution in [1.82, 2.24) is 0 Å². The summed E-state index contributed by atoms with van der Waals surface area (Å²) in [5, 5.41) is 15.0. The van der Waals surface area contributed by atoms with E-state index in [2.05, 4.69) is 10.6 Å². The second-order valence-corrected chi connectivity index (χ2v) is 5.20. The van der Waals surface area contributed by atoms with E-state index in [-0.39, 0.29) is 6.03 Å². The average Bonchev–Trinajstić information content (AvgIpc) is 2.42. The number of carbonyl (C=O) groups excluding carboxylic acids is 1. The SMILES string of the molecule is Cc1ccc(NC(=O)Nc2ccc(C(C)O)cc2)c(C)c1. The Morgan fingerprint density at radius 1 is 1.05 bits per heavy atom. The molecule has 2 aromatic rings. The lowest BCUT2D eigenvalue weighted by Crippen LogP contribution is -2.20. The average molecular weight is 284 g/mol. The molecule has 0 fully saturated rings. The standard InChI is InChI=1S/C17H20N2O2/c1-11-4-9-16(12(2)10-11)19-17(21)18-15-7-5-14(6-8-15)13(3)20/h4-10,13,20H,1-3H3,(H2,18,19,21). The molecule has 0 saturated heterocycles. The van der Waals surface area contributed by atoms with E-state index in [4.69, 9.17) is 0 Å². The lowest BCUT2D eigenvalue weighted by molar-refractivity contribution is 0.199. The smallest absolute Gasteiger partial charge is 0.323 e. The van der Waals surface area contributed by atoms with Crippen LogP contribution in [-0.2, 0) is 0 Å². The summed E-state index contributed by atoms with van der Waals surface area (Å²) in [4.78, 5) is 12.0. The molecule has 4 heteroatoms. The third kappa shape index (κ3) is 4.07. The van der Waals surface area contributed by atoms with E-state index in [9.17, 15) is 9.90 Å². The number of aryl methyl sites for hydroxylation is 2. The Hall–Kier alpha value is -2.33. The zero-order chi connectivity index (χ0) is 15.4. The molecule has 0 aliphatic heterocycles. The van der Waals surface area contributed by atoms with Crippen molar-refractivity contribution in [2.24, 2.45) is 0 Å². The number of carbonyl (C=O) groups is 1. The first kappa shape index (κ1) is 15.1. The summed E-state index contributed by atoms with van der Waals surface area (Å²) in [7, 11) is 0. The van der Waals surface area contributed by atoms with Crippen molar-refractivity contribution in [3.8, 4) is 0 Å². The Morgan fingerprint density at radius 3 is 2.29 bits per heavy atom. The number of anilines is 2. The summed E-state index contributed by atoms with van der Waals surface area (Å²) in [6.45, 7) is 5.68. The van der Waals surface area contributed by atoms with Gasteiger partial charge in [-0.15, -0.1) is 0 Å². The summed E-state index contributed by atoms with van der Waals surface area (Å²) in [5.74, 6) is 0. The first-order chi connectivity index (χ1) is 9.95. The van der Waals surface area contributed by atoms with Crippen LogP contribution < -0.4 is 10.6 Å². The van der Waals surface area contributed by atoms with Gasteiger partial charge in [-0.2, -0.15) is 0 Å². The van der Waals surface area contributed by atoms with Gasteiger partial charge in [-0.1, -0.05) is 29.8 Å². The molecule has 2 rings (SSSR count). The van der Waals surface area contributed by atoms with Crippen molar-refractivity contribution >= 4 is 17.4 Å². The molecule has 0 heterocycles. The van der Waals surface area contributed by atoms with E-state index in [1.54, 1.807) is 31.2 Å². The second kappa shape index (κ2) is 6.41. The Bertz CT molecular complexity index is 634. The van der Waals surface area contributed by atoms with Crippen LogP contribution >= 0.6 is 0 Å². The fraction of sp³-hybridized carbons (Fsp3) is 0.235. The van der Waals surface area contributed by atoms with Crippen molar-refractivity contribution in [2.45, 2.75) is 26.9 Å². The molecule has 4 nitrogen and oxygen atoms in total. The van der Waals surface area contributed by atoms with Gasteiger partial charge >= 0.3 is 6.03 Å². The quantitative estimate of drug-likeness (QED) is 0.797. The summed E-state index contributed by atoms with van der Waals surface area (Å²) in [6, 6.07) is 12.7. The summed E-state index contributed by atoms with van der Waals surface area (Å²) < 4.78 is 0. The largest absolute Gasteiger partial charge is 0.389 e. The lowest BCUT2D eigenvalue weighted by atomic mass is 10.1. The molecule has 0 spiro atoms. The molecule has 1 atom stereocenters. The summed E-state index contributed by atoms with van der Waals surface area (Å²) in [6.07, 6.45) is -0.511. The molecular formula is C17H20N2O2. The molecule has 0 aliphatic carbocycles. The number of benzene rings is 2. The van der Waals surface area contributed by atoms with Crippen molar-refractivity contribution in [3.63, 3.8) is 0 Å². The number of nitrogens with one attached hydrogen (secondary N) is 2. The molecule has 21 heavy (non-hydrogen) atoms. The van der Waals surface area contributed by atoms with Crippen LogP contribution in [0, 0.1) is 13.8 Å². The number of hydrogen-bond donors (Lipinski definition) is 3. The second-order valence-electron chi connectivity index (χ2n) is 5.20. The fourth-order valence-corrected chi connectivity index (χ4v) is 2.08. The van der Waals surface area contributed by atoms with Crippen molar-refractivity contribution in [2.75, 3.05) is 10.6 Å². The normalized spacial score (nSPS) is 11.8. The molecule has 0 aromatic heterocycles. The van der Waals surface area contributed by atoms with Crippen LogP contribution in [0.2, 0.25) is 0 Å². The zero-order valence-electron chi connectivity index (χ0n) is 12.5. The molecule has 2 aromatic carbocycles. The van der Waals surface area contributed by atoms with Crippen molar-refractivity contribution in [3.05, 3.63) is 59.2 Å². The monoisotopic (exact) mass is 284 g/mol. The minimum Gasteiger partial charge on any atom is -0.389 e. The minimum atomic E-state index is -0.511. The van der Waals surface area contributed by atoms with Gasteiger partial charge < -0.3 is 15.7 Å². The number of aliphatic hydroxyl groups excluding tert-OH is 1. The van der Waals surface area contributed by atoms with Gasteiger partial charge in [0, 0.05) is 11.4 Å². The van der Waals surface area contributed by atoms with Gasteiger partial charge in [-0.25, -0.2) is 4.79 Å². The van der Waals surface area contributed by atoms with E-state index in [1.165, 1.54) is 0 Å². The highest BCUT2D eigenvalue weighted by Crippen LogP contribution is 2.18. The summed E-state index contributed by atoms with van der Waals surface area (Å²) >= 11 is 0. The Balaban J connectivity index is 2.01. The first-order valence-electron chi connectivity index (χ1n) is 6.89. The maximum Gasteiger partial charge on any atom is 0.323 e. The molecule has 0 saturated carbocycles. The predicted molar refractivity (Wildman–Crippen MR) is 85.6 cm³/mol. The van der Waals surface area contributed by atoms with Crippen molar-refractivity contribution in [1.29, 1.82) is 0 Å². The van der Waals surface area contributed by atoms with Crippen LogP contribution in [0.25, 0.3) is 0 Å². The van der Waals surface area contributed by atoms with Gasteiger partial charge in [0.2, 0.25) is 0 Å². The van der Waals surface area contributed by atoms with Crippen LogP contribution in [0.1, 0.15) is 29.7 Å². The van der Waals surface area contributed by atoms with Crippen LogP contribution in [0.15, 0.2) is 42.5 Å². The topological polar surface area (TPSA) is 61.4 Å². The highest BCUT2D eigenvalue weighted by Gasteiger charge is 2.06. The molecule has 110 valence electrons. The third-order valence-electron chi connectivity index (χ3n) is 3.28. The Kier molecular flexibility index (Phi) is 4.60. The Labute approximate surface area is 124 Å².